The fraction of sp³-hybridized carbons (Fsp3) is 0.667. The van der Waals surface area contributed by atoms with Crippen molar-refractivity contribution >= 4 is 23.7 Å². The predicted octanol–water partition coefficient (Wildman–Crippen LogP) is -0.105. The Morgan fingerprint density at radius 2 is 1.84 bits per heavy atom. The van der Waals surface area contributed by atoms with Crippen LogP contribution in [0.5, 0.6) is 0 Å². The van der Waals surface area contributed by atoms with Crippen LogP contribution >= 0.6 is 0 Å². The number of carbonyl (C=O) groups excluding carboxylic acids is 3. The molecule has 1 aliphatic rings. The summed E-state index contributed by atoms with van der Waals surface area (Å²) in [6.45, 7) is 3.07. The second-order valence-electron chi connectivity index (χ2n) is 4.73. The van der Waals surface area contributed by atoms with Gasteiger partial charge in [0.25, 0.3) is 0 Å². The van der Waals surface area contributed by atoms with E-state index in [0.29, 0.717) is 0 Å². The molecule has 1 unspecified atom stereocenters. The van der Waals surface area contributed by atoms with E-state index in [-0.39, 0.29) is 44.0 Å². The molecule has 1 heterocycles. The van der Waals surface area contributed by atoms with Crippen LogP contribution in [0, 0.1) is 0 Å². The average molecular weight is 270 g/mol. The fourth-order valence-corrected chi connectivity index (χ4v) is 1.75. The van der Waals surface area contributed by atoms with E-state index in [4.69, 9.17) is 5.11 Å². The maximum Gasteiger partial charge on any atom is 0.329 e. The summed E-state index contributed by atoms with van der Waals surface area (Å²) < 4.78 is 0. The number of hydrogen-bond donors (Lipinski definition) is 2. The Morgan fingerprint density at radius 1 is 1.32 bits per heavy atom. The van der Waals surface area contributed by atoms with Gasteiger partial charge in [0.1, 0.15) is 5.54 Å². The number of amides is 3. The van der Waals surface area contributed by atoms with Gasteiger partial charge in [0.15, 0.2) is 0 Å². The largest absolute Gasteiger partial charge is 0.480 e. The summed E-state index contributed by atoms with van der Waals surface area (Å²) in [5, 5.41) is 11.4. The van der Waals surface area contributed by atoms with Crippen LogP contribution in [0.3, 0.4) is 0 Å². The summed E-state index contributed by atoms with van der Waals surface area (Å²) in [5.74, 6) is -2.17. The topological polar surface area (TPSA) is 104 Å². The number of hydrogen-bond acceptors (Lipinski definition) is 4. The van der Waals surface area contributed by atoms with E-state index in [2.05, 4.69) is 5.32 Å². The molecule has 2 N–H and O–H groups in total. The van der Waals surface area contributed by atoms with Crippen LogP contribution in [0.25, 0.3) is 0 Å². The first-order chi connectivity index (χ1) is 8.80. The molecular formula is C12H18N2O5. The Morgan fingerprint density at radius 3 is 2.26 bits per heavy atom. The summed E-state index contributed by atoms with van der Waals surface area (Å²) in [6.07, 6.45) is 0.528. The monoisotopic (exact) mass is 270 g/mol. The van der Waals surface area contributed by atoms with E-state index >= 15 is 0 Å². The molecule has 1 fully saturated rings. The normalized spacial score (nSPS) is 18.3. The maximum atomic E-state index is 11.7. The van der Waals surface area contributed by atoms with Crippen molar-refractivity contribution in [3.63, 3.8) is 0 Å². The van der Waals surface area contributed by atoms with Gasteiger partial charge in [-0.1, -0.05) is 6.92 Å². The van der Waals surface area contributed by atoms with E-state index in [1.807, 2.05) is 0 Å². The third-order valence-electron chi connectivity index (χ3n) is 3.31. The van der Waals surface area contributed by atoms with Crippen LogP contribution in [-0.4, -0.2) is 45.8 Å². The van der Waals surface area contributed by atoms with Crippen molar-refractivity contribution < 1.29 is 24.3 Å². The second kappa shape index (κ2) is 5.81. The number of carbonyl (C=O) groups is 4. The van der Waals surface area contributed by atoms with Gasteiger partial charge in [-0.25, -0.2) is 4.79 Å². The number of rotatable bonds is 6. The molecule has 0 spiro atoms. The first kappa shape index (κ1) is 15.1. The third kappa shape index (κ3) is 3.52. The van der Waals surface area contributed by atoms with Gasteiger partial charge >= 0.3 is 5.97 Å². The van der Waals surface area contributed by atoms with Crippen molar-refractivity contribution in [3.8, 4) is 0 Å². The van der Waals surface area contributed by atoms with Crippen molar-refractivity contribution in [2.75, 3.05) is 6.54 Å². The lowest BCUT2D eigenvalue weighted by atomic mass is 9.99. The van der Waals surface area contributed by atoms with Gasteiger partial charge in [-0.15, -0.1) is 0 Å². The van der Waals surface area contributed by atoms with Crippen molar-refractivity contribution in [1.82, 2.24) is 10.2 Å². The molecule has 1 aliphatic heterocycles. The van der Waals surface area contributed by atoms with Gasteiger partial charge in [-0.2, -0.15) is 0 Å². The average Bonchev–Trinajstić information content (AvgIpc) is 2.66. The van der Waals surface area contributed by atoms with Gasteiger partial charge in [0, 0.05) is 25.8 Å². The summed E-state index contributed by atoms with van der Waals surface area (Å²) in [5.41, 5.74) is -1.32. The van der Waals surface area contributed by atoms with Crippen molar-refractivity contribution in [2.24, 2.45) is 0 Å². The summed E-state index contributed by atoms with van der Waals surface area (Å²) in [4.78, 5) is 46.4. The van der Waals surface area contributed by atoms with Crippen LogP contribution in [0.15, 0.2) is 0 Å². The number of carboxylic acid groups (broad SMARTS) is 1. The molecule has 0 radical (unpaired) electrons. The van der Waals surface area contributed by atoms with Crippen LogP contribution in [0.4, 0.5) is 0 Å². The molecule has 1 saturated heterocycles. The smallest absolute Gasteiger partial charge is 0.329 e. The summed E-state index contributed by atoms with van der Waals surface area (Å²) in [6, 6.07) is 0. The van der Waals surface area contributed by atoms with Gasteiger partial charge in [0.05, 0.1) is 0 Å². The number of likely N-dealkylation sites (tertiary alicyclic amines) is 1. The van der Waals surface area contributed by atoms with E-state index < -0.39 is 17.4 Å². The quantitative estimate of drug-likeness (QED) is 0.656. The minimum absolute atomic E-state index is 0.00289. The lowest BCUT2D eigenvalue weighted by Gasteiger charge is -2.25. The third-order valence-corrected chi connectivity index (χ3v) is 3.31. The number of nitrogens with one attached hydrogen (secondary N) is 1. The first-order valence-electron chi connectivity index (χ1n) is 6.17. The number of nitrogens with zero attached hydrogens (tertiary/aromatic N) is 1. The Labute approximate surface area is 110 Å². The summed E-state index contributed by atoms with van der Waals surface area (Å²) >= 11 is 0. The zero-order valence-corrected chi connectivity index (χ0v) is 11.1. The molecule has 7 nitrogen and oxygen atoms in total. The van der Waals surface area contributed by atoms with E-state index in [1.54, 1.807) is 6.92 Å². The fourth-order valence-electron chi connectivity index (χ4n) is 1.75. The molecule has 19 heavy (non-hydrogen) atoms. The predicted molar refractivity (Wildman–Crippen MR) is 65.0 cm³/mol. The molecule has 0 aromatic carbocycles. The van der Waals surface area contributed by atoms with E-state index in [0.717, 1.165) is 4.90 Å². The van der Waals surface area contributed by atoms with Crippen LogP contribution in [0.1, 0.15) is 39.5 Å². The lowest BCUT2D eigenvalue weighted by Crippen LogP contribution is -2.52. The maximum absolute atomic E-state index is 11.7. The molecule has 3 amide bonds. The van der Waals surface area contributed by atoms with Gasteiger partial charge in [-0.3, -0.25) is 19.3 Å². The Hall–Kier alpha value is -1.92. The van der Waals surface area contributed by atoms with Crippen molar-refractivity contribution in [3.05, 3.63) is 0 Å². The SMILES string of the molecule is CCC(C)(NC(=O)CCN1C(=O)CCC1=O)C(=O)O. The highest BCUT2D eigenvalue weighted by Gasteiger charge is 2.33. The van der Waals surface area contributed by atoms with E-state index in [9.17, 15) is 19.2 Å². The zero-order valence-electron chi connectivity index (χ0n) is 11.1. The molecule has 0 saturated carbocycles. The molecule has 1 rings (SSSR count). The Kier molecular flexibility index (Phi) is 4.63. The number of aliphatic carboxylic acids is 1. The Bertz CT molecular complexity index is 404. The zero-order chi connectivity index (χ0) is 14.6. The molecular weight excluding hydrogens is 252 g/mol. The molecule has 0 aromatic rings. The van der Waals surface area contributed by atoms with Gasteiger partial charge in [0.2, 0.25) is 17.7 Å². The first-order valence-corrected chi connectivity index (χ1v) is 6.17. The minimum atomic E-state index is -1.32. The molecule has 0 aromatic heterocycles. The molecule has 106 valence electrons. The lowest BCUT2D eigenvalue weighted by molar-refractivity contribution is -0.147. The van der Waals surface area contributed by atoms with E-state index in [1.165, 1.54) is 6.92 Å². The second-order valence-corrected chi connectivity index (χ2v) is 4.73. The molecule has 7 heteroatoms. The van der Waals surface area contributed by atoms with Crippen LogP contribution in [-0.2, 0) is 19.2 Å². The molecule has 0 aliphatic carbocycles. The highest BCUT2D eigenvalue weighted by molar-refractivity contribution is 6.02. The molecule has 0 bridgehead atoms. The van der Waals surface area contributed by atoms with Gasteiger partial charge < -0.3 is 10.4 Å². The highest BCUT2D eigenvalue weighted by atomic mass is 16.4. The number of imide groups is 1. The number of carboxylic acids is 1. The van der Waals surface area contributed by atoms with Crippen LogP contribution in [0.2, 0.25) is 0 Å². The minimum Gasteiger partial charge on any atom is -0.480 e. The van der Waals surface area contributed by atoms with Crippen molar-refractivity contribution in [1.29, 1.82) is 0 Å². The standard InChI is InChI=1S/C12H18N2O5/c1-3-12(2,11(18)19)13-8(15)6-7-14-9(16)4-5-10(14)17/h3-7H2,1-2H3,(H,13,15)(H,18,19). The molecule has 1 atom stereocenters. The van der Waals surface area contributed by atoms with Gasteiger partial charge in [-0.05, 0) is 13.3 Å². The summed E-state index contributed by atoms with van der Waals surface area (Å²) in [7, 11) is 0. The van der Waals surface area contributed by atoms with Crippen molar-refractivity contribution in [2.45, 2.75) is 45.1 Å². The Balaban J connectivity index is 2.50. The van der Waals surface area contributed by atoms with Crippen LogP contribution < -0.4 is 5.32 Å². The highest BCUT2D eigenvalue weighted by Crippen LogP contribution is 2.13.